The lowest BCUT2D eigenvalue weighted by molar-refractivity contribution is 0.0785. The molecular weight excluding hydrogens is 466 g/mol. The SMILES string of the molecule is CN(Cc1ccc2c(c1)OCCO2)C(=O)c1cc(S(=O)(=O)N2CCCCC2)ccc1N1CCCC1. The molecule has 0 aliphatic carbocycles. The van der Waals surface area contributed by atoms with Crippen LogP contribution in [-0.2, 0) is 16.6 Å². The van der Waals surface area contributed by atoms with Crippen LogP contribution in [0.3, 0.4) is 0 Å². The van der Waals surface area contributed by atoms with E-state index in [1.54, 1.807) is 28.4 Å². The van der Waals surface area contributed by atoms with Gasteiger partial charge in [-0.3, -0.25) is 4.79 Å². The molecule has 2 aromatic rings. The zero-order chi connectivity index (χ0) is 24.4. The van der Waals surface area contributed by atoms with Crippen molar-refractivity contribution >= 4 is 21.6 Å². The highest BCUT2D eigenvalue weighted by atomic mass is 32.2. The number of fused-ring (bicyclic) bond motifs is 1. The first kappa shape index (κ1) is 23.9. The lowest BCUT2D eigenvalue weighted by Gasteiger charge is -2.28. The largest absolute Gasteiger partial charge is 0.486 e. The number of hydrogen-bond donors (Lipinski definition) is 0. The van der Waals surface area contributed by atoms with E-state index in [1.807, 2.05) is 24.3 Å². The minimum absolute atomic E-state index is 0.193. The molecule has 0 aromatic heterocycles. The van der Waals surface area contributed by atoms with Gasteiger partial charge in [0, 0.05) is 45.5 Å². The Hall–Kier alpha value is -2.78. The summed E-state index contributed by atoms with van der Waals surface area (Å²) in [5.41, 5.74) is 2.16. The maximum absolute atomic E-state index is 13.7. The van der Waals surface area contributed by atoms with Crippen molar-refractivity contribution in [1.29, 1.82) is 0 Å². The normalized spacial score (nSPS) is 18.5. The molecule has 0 bridgehead atoms. The predicted octanol–water partition coefficient (Wildman–Crippen LogP) is 3.50. The highest BCUT2D eigenvalue weighted by Gasteiger charge is 2.29. The van der Waals surface area contributed by atoms with Gasteiger partial charge in [-0.1, -0.05) is 12.5 Å². The third kappa shape index (κ3) is 4.97. The fourth-order valence-corrected chi connectivity index (χ4v) is 6.62. The van der Waals surface area contributed by atoms with Gasteiger partial charge in [-0.25, -0.2) is 8.42 Å². The van der Waals surface area contributed by atoms with Gasteiger partial charge in [-0.2, -0.15) is 4.31 Å². The monoisotopic (exact) mass is 499 g/mol. The van der Waals surface area contributed by atoms with Crippen molar-refractivity contribution in [3.05, 3.63) is 47.5 Å². The molecule has 2 saturated heterocycles. The number of carbonyl (C=O) groups is 1. The molecule has 0 N–H and O–H groups in total. The van der Waals surface area contributed by atoms with E-state index in [4.69, 9.17) is 9.47 Å². The quantitative estimate of drug-likeness (QED) is 0.605. The third-order valence-corrected chi connectivity index (χ3v) is 8.87. The van der Waals surface area contributed by atoms with Crippen LogP contribution in [0.2, 0.25) is 0 Å². The second-order valence-electron chi connectivity index (χ2n) is 9.48. The molecule has 1 amide bonds. The fourth-order valence-electron chi connectivity index (χ4n) is 5.07. The molecule has 188 valence electrons. The van der Waals surface area contributed by atoms with Crippen molar-refractivity contribution in [2.45, 2.75) is 43.5 Å². The summed E-state index contributed by atoms with van der Waals surface area (Å²) in [5, 5.41) is 0. The number of carbonyl (C=O) groups excluding carboxylic acids is 1. The van der Waals surface area contributed by atoms with Crippen LogP contribution in [-0.4, -0.2) is 70.0 Å². The molecule has 2 aromatic carbocycles. The molecule has 0 unspecified atom stereocenters. The first-order chi connectivity index (χ1) is 16.9. The van der Waals surface area contributed by atoms with Crippen molar-refractivity contribution in [1.82, 2.24) is 9.21 Å². The zero-order valence-corrected chi connectivity index (χ0v) is 21.1. The Labute approximate surface area is 207 Å². The van der Waals surface area contributed by atoms with Crippen molar-refractivity contribution < 1.29 is 22.7 Å². The minimum atomic E-state index is -3.64. The number of rotatable bonds is 6. The number of nitrogens with zero attached hydrogens (tertiary/aromatic N) is 3. The summed E-state index contributed by atoms with van der Waals surface area (Å²) in [5.74, 6) is 1.19. The van der Waals surface area contributed by atoms with E-state index in [1.165, 1.54) is 0 Å². The molecule has 9 heteroatoms. The molecule has 3 aliphatic heterocycles. The van der Waals surface area contributed by atoms with Gasteiger partial charge in [0.05, 0.1) is 10.5 Å². The van der Waals surface area contributed by atoms with E-state index in [-0.39, 0.29) is 10.8 Å². The molecule has 0 atom stereocenters. The highest BCUT2D eigenvalue weighted by Crippen LogP contribution is 2.33. The zero-order valence-electron chi connectivity index (χ0n) is 20.2. The number of benzene rings is 2. The van der Waals surface area contributed by atoms with Crippen LogP contribution >= 0.6 is 0 Å². The van der Waals surface area contributed by atoms with Gasteiger partial charge in [0.1, 0.15) is 13.2 Å². The molecule has 2 fully saturated rings. The van der Waals surface area contributed by atoms with E-state index in [0.29, 0.717) is 49.9 Å². The van der Waals surface area contributed by atoms with Crippen LogP contribution in [0.25, 0.3) is 0 Å². The van der Waals surface area contributed by atoms with Crippen LogP contribution in [0.4, 0.5) is 5.69 Å². The Morgan fingerprint density at radius 2 is 1.57 bits per heavy atom. The van der Waals surface area contributed by atoms with Crippen molar-refractivity contribution in [3.8, 4) is 11.5 Å². The summed E-state index contributed by atoms with van der Waals surface area (Å²) in [6.45, 7) is 4.20. The summed E-state index contributed by atoms with van der Waals surface area (Å²) < 4.78 is 39.5. The van der Waals surface area contributed by atoms with Gasteiger partial charge in [0.25, 0.3) is 5.91 Å². The third-order valence-electron chi connectivity index (χ3n) is 6.97. The maximum Gasteiger partial charge on any atom is 0.256 e. The van der Waals surface area contributed by atoms with Crippen LogP contribution in [0, 0.1) is 0 Å². The summed E-state index contributed by atoms with van der Waals surface area (Å²) in [4.78, 5) is 17.7. The van der Waals surface area contributed by atoms with E-state index in [9.17, 15) is 13.2 Å². The lowest BCUT2D eigenvalue weighted by Crippen LogP contribution is -2.36. The first-order valence-electron chi connectivity index (χ1n) is 12.5. The molecule has 35 heavy (non-hydrogen) atoms. The molecular formula is C26H33N3O5S. The number of amides is 1. The number of ether oxygens (including phenoxy) is 2. The number of sulfonamides is 1. The molecule has 3 heterocycles. The first-order valence-corrected chi connectivity index (χ1v) is 13.9. The predicted molar refractivity (Wildman–Crippen MR) is 134 cm³/mol. The molecule has 3 aliphatic rings. The summed E-state index contributed by atoms with van der Waals surface area (Å²) in [6, 6.07) is 10.7. The Bertz CT molecular complexity index is 1190. The van der Waals surface area contributed by atoms with Crippen molar-refractivity contribution in [3.63, 3.8) is 0 Å². The van der Waals surface area contributed by atoms with Gasteiger partial charge < -0.3 is 19.3 Å². The van der Waals surface area contributed by atoms with Gasteiger partial charge in [0.15, 0.2) is 11.5 Å². The van der Waals surface area contributed by atoms with E-state index in [0.717, 1.165) is 56.4 Å². The highest BCUT2D eigenvalue weighted by molar-refractivity contribution is 7.89. The Morgan fingerprint density at radius 1 is 0.886 bits per heavy atom. The van der Waals surface area contributed by atoms with E-state index < -0.39 is 10.0 Å². The van der Waals surface area contributed by atoms with E-state index >= 15 is 0 Å². The Balaban J connectivity index is 1.44. The van der Waals surface area contributed by atoms with Gasteiger partial charge in [-0.15, -0.1) is 0 Å². The topological polar surface area (TPSA) is 79.4 Å². The molecule has 5 rings (SSSR count). The van der Waals surface area contributed by atoms with Gasteiger partial charge >= 0.3 is 0 Å². The average molecular weight is 500 g/mol. The second-order valence-corrected chi connectivity index (χ2v) is 11.4. The van der Waals surface area contributed by atoms with Crippen molar-refractivity contribution in [2.24, 2.45) is 0 Å². The molecule has 0 radical (unpaired) electrons. The maximum atomic E-state index is 13.7. The molecule has 0 spiro atoms. The lowest BCUT2D eigenvalue weighted by atomic mass is 10.1. The summed E-state index contributed by atoms with van der Waals surface area (Å²) in [7, 11) is -1.89. The summed E-state index contributed by atoms with van der Waals surface area (Å²) in [6.07, 6.45) is 4.92. The van der Waals surface area contributed by atoms with Crippen LogP contribution < -0.4 is 14.4 Å². The van der Waals surface area contributed by atoms with Gasteiger partial charge in [-0.05, 0) is 61.6 Å². The molecule has 8 nitrogen and oxygen atoms in total. The smallest absolute Gasteiger partial charge is 0.256 e. The number of anilines is 1. The average Bonchev–Trinajstić information content (AvgIpc) is 3.43. The van der Waals surface area contributed by atoms with Crippen LogP contribution in [0.5, 0.6) is 11.5 Å². The molecule has 0 saturated carbocycles. The second kappa shape index (κ2) is 10.1. The number of piperidine rings is 1. The Kier molecular flexibility index (Phi) is 6.88. The van der Waals surface area contributed by atoms with E-state index in [2.05, 4.69) is 4.90 Å². The van der Waals surface area contributed by atoms with Gasteiger partial charge in [0.2, 0.25) is 10.0 Å². The Morgan fingerprint density at radius 3 is 2.31 bits per heavy atom. The van der Waals surface area contributed by atoms with Crippen LogP contribution in [0.1, 0.15) is 48.0 Å². The fraction of sp³-hybridized carbons (Fsp3) is 0.500. The minimum Gasteiger partial charge on any atom is -0.486 e. The number of hydrogen-bond acceptors (Lipinski definition) is 6. The van der Waals surface area contributed by atoms with Crippen LogP contribution in [0.15, 0.2) is 41.3 Å². The summed E-state index contributed by atoms with van der Waals surface area (Å²) >= 11 is 0. The standard InChI is InChI=1S/C26H33N3O5S/c1-27(19-20-7-10-24-25(17-20)34-16-15-33-24)26(30)22-18-21(8-9-23(22)28-11-5-6-12-28)35(31,32)29-13-3-2-4-14-29/h7-10,17-18H,2-6,11-16,19H2,1H3. The van der Waals surface area contributed by atoms with Crippen molar-refractivity contribution in [2.75, 3.05) is 51.3 Å².